The van der Waals surface area contributed by atoms with Crippen LogP contribution in [0.25, 0.3) is 0 Å². The summed E-state index contributed by atoms with van der Waals surface area (Å²) < 4.78 is 32.8. The average Bonchev–Trinajstić information content (AvgIpc) is 2.99. The molecule has 2 fully saturated rings. The van der Waals surface area contributed by atoms with E-state index in [4.69, 9.17) is 4.74 Å². The second-order valence-corrected chi connectivity index (χ2v) is 11.3. The van der Waals surface area contributed by atoms with Gasteiger partial charge in [0.25, 0.3) is 0 Å². The van der Waals surface area contributed by atoms with Gasteiger partial charge >= 0.3 is 6.03 Å². The van der Waals surface area contributed by atoms with Gasteiger partial charge in [0.15, 0.2) is 11.6 Å². The van der Waals surface area contributed by atoms with Crippen LogP contribution in [0.1, 0.15) is 22.6 Å². The fourth-order valence-electron chi connectivity index (χ4n) is 5.90. The van der Waals surface area contributed by atoms with E-state index < -0.39 is 23.8 Å². The van der Waals surface area contributed by atoms with Crippen LogP contribution in [0.2, 0.25) is 0 Å². The molecule has 0 aliphatic carbocycles. The van der Waals surface area contributed by atoms with Gasteiger partial charge in [-0.3, -0.25) is 4.90 Å². The maximum absolute atomic E-state index is 14.0. The second-order valence-electron chi connectivity index (χ2n) is 11.3. The van der Waals surface area contributed by atoms with Crippen LogP contribution in [0.15, 0.2) is 66.7 Å². The molecule has 5 rings (SSSR count). The zero-order chi connectivity index (χ0) is 30.7. The topological polar surface area (TPSA) is 88.5 Å². The Bertz CT molecular complexity index is 1490. The predicted octanol–water partition coefficient (Wildman–Crippen LogP) is 3.34. The van der Waals surface area contributed by atoms with Crippen molar-refractivity contribution < 1.29 is 28.5 Å². The Labute approximate surface area is 250 Å². The predicted molar refractivity (Wildman–Crippen MR) is 160 cm³/mol. The number of β-amino-alcohol motifs (C(OH)–C–C–N with tert-alkyl or cyclic N) is 1. The highest BCUT2D eigenvalue weighted by molar-refractivity contribution is 5.89. The Kier molecular flexibility index (Phi) is 9.28. The van der Waals surface area contributed by atoms with Crippen molar-refractivity contribution in [3.8, 4) is 17.6 Å². The third-order valence-electron chi connectivity index (χ3n) is 8.11. The van der Waals surface area contributed by atoms with Crippen molar-refractivity contribution in [2.24, 2.45) is 0 Å². The molecule has 2 amide bonds. The summed E-state index contributed by atoms with van der Waals surface area (Å²) in [5.74, 6) is 4.41. The van der Waals surface area contributed by atoms with E-state index >= 15 is 0 Å². The van der Waals surface area contributed by atoms with Gasteiger partial charge in [-0.25, -0.2) is 13.6 Å². The standard InChI is InChI=1S/C33H36F2N4O4/c1-37(2)17-27-31(22-10-7-21(8-11-22)9-12-23-5-4-6-26(34)32(23)35)28-18-38(19-29(40)30(41)20-39(27)28)33(42)36-24-13-15-25(43-3)16-14-24/h4-8,10-11,13-16,27-31,40-41H,17-20H2,1-3H3,(H,36,42)/t27-,28+,29?,30?,31+/m1/s1. The minimum absolute atomic E-state index is 0.00645. The molecule has 0 spiro atoms. The number of urea groups is 1. The zero-order valence-corrected chi connectivity index (χ0v) is 24.4. The molecule has 2 aliphatic rings. The Morgan fingerprint density at radius 1 is 0.977 bits per heavy atom. The number of aliphatic hydroxyl groups excluding tert-OH is 2. The van der Waals surface area contributed by atoms with E-state index in [-0.39, 0.29) is 42.7 Å². The van der Waals surface area contributed by atoms with E-state index in [9.17, 15) is 23.8 Å². The van der Waals surface area contributed by atoms with Crippen molar-refractivity contribution in [1.82, 2.24) is 14.7 Å². The van der Waals surface area contributed by atoms with E-state index in [0.717, 1.165) is 11.6 Å². The summed E-state index contributed by atoms with van der Waals surface area (Å²) in [6.45, 7) is 1.34. The molecule has 2 aliphatic heterocycles. The lowest BCUT2D eigenvalue weighted by molar-refractivity contribution is -0.105. The first-order valence-corrected chi connectivity index (χ1v) is 14.2. The molecule has 2 heterocycles. The fourth-order valence-corrected chi connectivity index (χ4v) is 5.90. The van der Waals surface area contributed by atoms with Crippen LogP contribution >= 0.6 is 0 Å². The van der Waals surface area contributed by atoms with Gasteiger partial charge in [0.05, 0.1) is 31.4 Å². The van der Waals surface area contributed by atoms with Crippen LogP contribution in [0, 0.1) is 23.5 Å². The number of methoxy groups -OCH3 is 1. The summed E-state index contributed by atoms with van der Waals surface area (Å²) in [5, 5.41) is 24.5. The van der Waals surface area contributed by atoms with Gasteiger partial charge in [-0.2, -0.15) is 0 Å². The lowest BCUT2D eigenvalue weighted by Crippen LogP contribution is -2.71. The summed E-state index contributed by atoms with van der Waals surface area (Å²) in [6.07, 6.45) is -2.12. The van der Waals surface area contributed by atoms with Crippen LogP contribution in [0.3, 0.4) is 0 Å². The highest BCUT2D eigenvalue weighted by Crippen LogP contribution is 2.42. The molecular weight excluding hydrogens is 554 g/mol. The third-order valence-corrected chi connectivity index (χ3v) is 8.11. The molecule has 0 bridgehead atoms. The summed E-state index contributed by atoms with van der Waals surface area (Å²) in [4.78, 5) is 19.2. The Morgan fingerprint density at radius 2 is 1.67 bits per heavy atom. The quantitative estimate of drug-likeness (QED) is 0.396. The minimum Gasteiger partial charge on any atom is -0.497 e. The van der Waals surface area contributed by atoms with Crippen molar-refractivity contribution in [1.29, 1.82) is 0 Å². The second kappa shape index (κ2) is 13.1. The smallest absolute Gasteiger partial charge is 0.321 e. The van der Waals surface area contributed by atoms with E-state index in [0.29, 0.717) is 30.1 Å². The molecule has 2 saturated heterocycles. The van der Waals surface area contributed by atoms with Gasteiger partial charge in [-0.1, -0.05) is 30.0 Å². The van der Waals surface area contributed by atoms with Crippen LogP contribution in [-0.4, -0.2) is 103 Å². The van der Waals surface area contributed by atoms with E-state index in [2.05, 4.69) is 27.0 Å². The fraction of sp³-hybridized carbons (Fsp3) is 0.364. The van der Waals surface area contributed by atoms with Gasteiger partial charge in [0.2, 0.25) is 0 Å². The summed E-state index contributed by atoms with van der Waals surface area (Å²) in [6, 6.07) is 18.1. The number of hydrogen-bond donors (Lipinski definition) is 3. The lowest BCUT2D eigenvalue weighted by Gasteiger charge is -2.59. The Hall–Kier alpha value is -4.01. The molecule has 0 saturated carbocycles. The number of rotatable bonds is 5. The van der Waals surface area contributed by atoms with Crippen molar-refractivity contribution in [3.05, 3.63) is 95.1 Å². The minimum atomic E-state index is -1.09. The van der Waals surface area contributed by atoms with Crippen molar-refractivity contribution in [2.45, 2.75) is 30.2 Å². The van der Waals surface area contributed by atoms with Crippen LogP contribution in [0.4, 0.5) is 19.3 Å². The molecular formula is C33H36F2N4O4. The van der Waals surface area contributed by atoms with Gasteiger partial charge in [0.1, 0.15) is 5.75 Å². The van der Waals surface area contributed by atoms with Crippen LogP contribution in [-0.2, 0) is 0 Å². The molecule has 0 aromatic heterocycles. The van der Waals surface area contributed by atoms with Crippen LogP contribution < -0.4 is 10.1 Å². The van der Waals surface area contributed by atoms with Gasteiger partial charge in [-0.15, -0.1) is 0 Å². The van der Waals surface area contributed by atoms with Gasteiger partial charge < -0.3 is 30.1 Å². The molecule has 5 atom stereocenters. The molecule has 0 radical (unpaired) electrons. The molecule has 226 valence electrons. The number of amides is 2. The number of likely N-dealkylation sites (N-methyl/N-ethyl adjacent to an activating group) is 1. The number of ether oxygens (including phenoxy) is 1. The number of hydrogen-bond acceptors (Lipinski definition) is 6. The van der Waals surface area contributed by atoms with Crippen molar-refractivity contribution >= 4 is 11.7 Å². The lowest BCUT2D eigenvalue weighted by atomic mass is 9.73. The third kappa shape index (κ3) is 6.81. The number of benzene rings is 3. The summed E-state index contributed by atoms with van der Waals surface area (Å²) in [7, 11) is 5.54. The van der Waals surface area contributed by atoms with Crippen LogP contribution in [0.5, 0.6) is 5.75 Å². The Balaban J connectivity index is 1.39. The van der Waals surface area contributed by atoms with E-state index in [1.807, 2.05) is 38.4 Å². The van der Waals surface area contributed by atoms with Gasteiger partial charge in [0, 0.05) is 48.9 Å². The molecule has 10 heteroatoms. The number of halogens is 2. The number of anilines is 1. The maximum Gasteiger partial charge on any atom is 0.321 e. The maximum atomic E-state index is 14.0. The van der Waals surface area contributed by atoms with Gasteiger partial charge in [-0.05, 0) is 68.2 Å². The van der Waals surface area contributed by atoms with E-state index in [1.165, 1.54) is 12.1 Å². The number of nitrogens with one attached hydrogen (secondary N) is 1. The summed E-state index contributed by atoms with van der Waals surface area (Å²) >= 11 is 0. The highest BCUT2D eigenvalue weighted by Gasteiger charge is 2.51. The molecule has 8 nitrogen and oxygen atoms in total. The number of fused-ring (bicyclic) bond motifs is 1. The normalized spacial score (nSPS) is 23.7. The first-order chi connectivity index (χ1) is 20.6. The number of carbonyl (C=O) groups excluding carboxylic acids is 1. The SMILES string of the molecule is COc1ccc(NC(=O)N2CC(O)C(O)CN3[C@H](CN(C)C)[C@H](c4ccc(C#Cc5cccc(F)c5F)cc4)[C@@H]3C2)cc1. The molecule has 3 aromatic rings. The van der Waals surface area contributed by atoms with E-state index in [1.54, 1.807) is 36.3 Å². The van der Waals surface area contributed by atoms with Crippen molar-refractivity contribution in [3.63, 3.8) is 0 Å². The molecule has 43 heavy (non-hydrogen) atoms. The average molecular weight is 591 g/mol. The molecule has 3 aromatic carbocycles. The highest BCUT2D eigenvalue weighted by atomic mass is 19.2. The Morgan fingerprint density at radius 3 is 2.35 bits per heavy atom. The molecule has 3 N–H and O–H groups in total. The largest absolute Gasteiger partial charge is 0.497 e. The first-order valence-electron chi connectivity index (χ1n) is 14.2. The molecule has 2 unspecified atom stereocenters. The number of aliphatic hydroxyl groups is 2. The first kappa shape index (κ1) is 30.4. The number of nitrogens with zero attached hydrogens (tertiary/aromatic N) is 3. The van der Waals surface area contributed by atoms with Crippen molar-refractivity contribution in [2.75, 3.05) is 52.7 Å². The summed E-state index contributed by atoms with van der Waals surface area (Å²) in [5.41, 5.74) is 2.28. The zero-order valence-electron chi connectivity index (χ0n) is 24.4. The number of carbonyl (C=O) groups is 1. The monoisotopic (exact) mass is 590 g/mol.